The van der Waals surface area contributed by atoms with Crippen molar-refractivity contribution >= 4 is 5.97 Å². The fourth-order valence-electron chi connectivity index (χ4n) is 3.18. The monoisotopic (exact) mass is 328 g/mol. The van der Waals surface area contributed by atoms with Gasteiger partial charge in [-0.1, -0.05) is 23.4 Å². The number of carbonyl (C=O) groups is 1. The molecule has 0 spiro atoms. The van der Waals surface area contributed by atoms with Gasteiger partial charge in [0, 0.05) is 13.1 Å². The first-order chi connectivity index (χ1) is 11.7. The molecular formula is C18H24N4O2. The van der Waals surface area contributed by atoms with Crippen LogP contribution < -0.4 is 0 Å². The molecule has 0 saturated carbocycles. The van der Waals surface area contributed by atoms with E-state index >= 15 is 0 Å². The lowest BCUT2D eigenvalue weighted by Crippen LogP contribution is -2.39. The van der Waals surface area contributed by atoms with Gasteiger partial charge < -0.3 is 4.74 Å². The topological polar surface area (TPSA) is 60.2 Å². The van der Waals surface area contributed by atoms with E-state index in [9.17, 15) is 4.79 Å². The average molecular weight is 328 g/mol. The Kier molecular flexibility index (Phi) is 5.25. The Balaban J connectivity index is 1.68. The first-order valence-corrected chi connectivity index (χ1v) is 8.54. The fourth-order valence-corrected chi connectivity index (χ4v) is 3.18. The van der Waals surface area contributed by atoms with Crippen LogP contribution in [0.1, 0.15) is 31.2 Å². The number of para-hydroxylation sites is 1. The van der Waals surface area contributed by atoms with Crippen molar-refractivity contribution in [3.63, 3.8) is 0 Å². The summed E-state index contributed by atoms with van der Waals surface area (Å²) in [4.78, 5) is 14.2. The molecule has 0 radical (unpaired) electrons. The van der Waals surface area contributed by atoms with E-state index in [-0.39, 0.29) is 11.9 Å². The lowest BCUT2D eigenvalue weighted by Gasteiger charge is -2.30. The van der Waals surface area contributed by atoms with Gasteiger partial charge in [0.15, 0.2) is 0 Å². The lowest BCUT2D eigenvalue weighted by atomic mass is 9.98. The SMILES string of the molecule is CCOC(=O)[C@@H]1CCCN(Cc2nnn(-c3ccccc3)c2C)C1. The molecule has 1 atom stereocenters. The highest BCUT2D eigenvalue weighted by Gasteiger charge is 2.27. The van der Waals surface area contributed by atoms with Crippen LogP contribution in [0, 0.1) is 12.8 Å². The summed E-state index contributed by atoms with van der Waals surface area (Å²) in [5, 5.41) is 8.63. The summed E-state index contributed by atoms with van der Waals surface area (Å²) in [6.45, 7) is 6.76. The molecular weight excluding hydrogens is 304 g/mol. The molecule has 0 amide bonds. The Labute approximate surface area is 142 Å². The van der Waals surface area contributed by atoms with Gasteiger partial charge in [0.25, 0.3) is 0 Å². The number of esters is 1. The normalized spacial score (nSPS) is 18.5. The van der Waals surface area contributed by atoms with Crippen molar-refractivity contribution in [2.45, 2.75) is 33.2 Å². The van der Waals surface area contributed by atoms with Crippen LogP contribution in [0.25, 0.3) is 5.69 Å². The van der Waals surface area contributed by atoms with Crippen molar-refractivity contribution < 1.29 is 9.53 Å². The van der Waals surface area contributed by atoms with Crippen LogP contribution in [0.2, 0.25) is 0 Å². The minimum atomic E-state index is -0.0770. The van der Waals surface area contributed by atoms with E-state index < -0.39 is 0 Å². The molecule has 1 aromatic carbocycles. The molecule has 3 rings (SSSR count). The Morgan fingerprint density at radius 1 is 1.33 bits per heavy atom. The maximum atomic E-state index is 12.0. The van der Waals surface area contributed by atoms with Gasteiger partial charge in [-0.05, 0) is 45.4 Å². The van der Waals surface area contributed by atoms with Crippen molar-refractivity contribution in [2.24, 2.45) is 5.92 Å². The molecule has 1 saturated heterocycles. The van der Waals surface area contributed by atoms with Gasteiger partial charge in [-0.3, -0.25) is 9.69 Å². The van der Waals surface area contributed by atoms with Crippen molar-refractivity contribution in [3.8, 4) is 5.69 Å². The zero-order valence-corrected chi connectivity index (χ0v) is 14.3. The molecule has 2 aromatic rings. The number of rotatable bonds is 5. The second-order valence-corrected chi connectivity index (χ2v) is 6.20. The molecule has 2 heterocycles. The minimum absolute atomic E-state index is 0.0248. The Morgan fingerprint density at radius 2 is 2.12 bits per heavy atom. The second-order valence-electron chi connectivity index (χ2n) is 6.20. The number of likely N-dealkylation sites (tertiary alicyclic amines) is 1. The molecule has 1 fully saturated rings. The first kappa shape index (κ1) is 16.6. The molecule has 6 nitrogen and oxygen atoms in total. The standard InChI is InChI=1S/C18H24N4O2/c1-3-24-18(23)15-8-7-11-21(12-15)13-17-14(2)22(20-19-17)16-9-5-4-6-10-16/h4-6,9-10,15H,3,7-8,11-13H2,1-2H3/t15-/m1/s1. The summed E-state index contributed by atoms with van der Waals surface area (Å²) in [6.07, 6.45) is 1.92. The van der Waals surface area contributed by atoms with Crippen LogP contribution in [0.15, 0.2) is 30.3 Å². The van der Waals surface area contributed by atoms with Gasteiger partial charge in [-0.25, -0.2) is 4.68 Å². The summed E-state index contributed by atoms with van der Waals surface area (Å²) < 4.78 is 7.03. The minimum Gasteiger partial charge on any atom is -0.466 e. The fraction of sp³-hybridized carbons (Fsp3) is 0.500. The molecule has 1 aliphatic rings. The lowest BCUT2D eigenvalue weighted by molar-refractivity contribution is -0.150. The van der Waals surface area contributed by atoms with Crippen molar-refractivity contribution in [3.05, 3.63) is 41.7 Å². The van der Waals surface area contributed by atoms with Gasteiger partial charge in [-0.15, -0.1) is 5.10 Å². The Morgan fingerprint density at radius 3 is 2.88 bits per heavy atom. The van der Waals surface area contributed by atoms with E-state index in [0.717, 1.165) is 43.0 Å². The largest absolute Gasteiger partial charge is 0.466 e. The van der Waals surface area contributed by atoms with Crippen LogP contribution in [0.3, 0.4) is 0 Å². The quantitative estimate of drug-likeness (QED) is 0.789. The second kappa shape index (κ2) is 7.57. The van der Waals surface area contributed by atoms with E-state index in [4.69, 9.17) is 4.74 Å². The molecule has 0 unspecified atom stereocenters. The maximum absolute atomic E-state index is 12.0. The molecule has 0 bridgehead atoms. The van der Waals surface area contributed by atoms with E-state index in [1.807, 2.05) is 48.9 Å². The number of carbonyl (C=O) groups excluding carboxylic acids is 1. The van der Waals surface area contributed by atoms with Crippen LogP contribution in [-0.2, 0) is 16.1 Å². The van der Waals surface area contributed by atoms with Crippen LogP contribution in [-0.4, -0.2) is 45.6 Å². The molecule has 1 aromatic heterocycles. The van der Waals surface area contributed by atoms with E-state index in [0.29, 0.717) is 13.2 Å². The molecule has 24 heavy (non-hydrogen) atoms. The zero-order chi connectivity index (χ0) is 16.9. The third-order valence-electron chi connectivity index (χ3n) is 4.49. The highest BCUT2D eigenvalue weighted by molar-refractivity contribution is 5.72. The van der Waals surface area contributed by atoms with Crippen molar-refractivity contribution in [1.29, 1.82) is 0 Å². The van der Waals surface area contributed by atoms with Gasteiger partial charge >= 0.3 is 5.97 Å². The first-order valence-electron chi connectivity index (χ1n) is 8.54. The van der Waals surface area contributed by atoms with Crippen LogP contribution >= 0.6 is 0 Å². The van der Waals surface area contributed by atoms with Gasteiger partial charge in [0.05, 0.1) is 23.9 Å². The number of aromatic nitrogens is 3. The number of ether oxygens (including phenoxy) is 1. The van der Waals surface area contributed by atoms with Crippen LogP contribution in [0.4, 0.5) is 0 Å². The number of hydrogen-bond donors (Lipinski definition) is 0. The zero-order valence-electron chi connectivity index (χ0n) is 14.3. The summed E-state index contributed by atoms with van der Waals surface area (Å²) in [6, 6.07) is 10.0. The highest BCUT2D eigenvalue weighted by atomic mass is 16.5. The predicted octanol–water partition coefficient (Wildman–Crippen LogP) is 2.35. The van der Waals surface area contributed by atoms with E-state index in [1.165, 1.54) is 0 Å². The maximum Gasteiger partial charge on any atom is 0.310 e. The number of nitrogens with zero attached hydrogens (tertiary/aromatic N) is 4. The van der Waals surface area contributed by atoms with Crippen molar-refractivity contribution in [2.75, 3.05) is 19.7 Å². The Bertz CT molecular complexity index is 684. The van der Waals surface area contributed by atoms with E-state index in [1.54, 1.807) is 0 Å². The summed E-state index contributed by atoms with van der Waals surface area (Å²) in [5.41, 5.74) is 3.01. The summed E-state index contributed by atoms with van der Waals surface area (Å²) in [5.74, 6) is -0.102. The molecule has 0 aliphatic carbocycles. The number of hydrogen-bond acceptors (Lipinski definition) is 5. The highest BCUT2D eigenvalue weighted by Crippen LogP contribution is 2.21. The smallest absolute Gasteiger partial charge is 0.310 e. The summed E-state index contributed by atoms with van der Waals surface area (Å²) in [7, 11) is 0. The Hall–Kier alpha value is -2.21. The molecule has 1 aliphatic heterocycles. The van der Waals surface area contributed by atoms with E-state index in [2.05, 4.69) is 15.2 Å². The third kappa shape index (κ3) is 3.64. The summed E-state index contributed by atoms with van der Waals surface area (Å²) >= 11 is 0. The van der Waals surface area contributed by atoms with Gasteiger partial charge in [-0.2, -0.15) is 0 Å². The van der Waals surface area contributed by atoms with Gasteiger partial charge in [0.2, 0.25) is 0 Å². The third-order valence-corrected chi connectivity index (χ3v) is 4.49. The predicted molar refractivity (Wildman–Crippen MR) is 90.7 cm³/mol. The number of benzene rings is 1. The number of piperidine rings is 1. The average Bonchev–Trinajstić information content (AvgIpc) is 2.97. The van der Waals surface area contributed by atoms with Crippen LogP contribution in [0.5, 0.6) is 0 Å². The molecule has 128 valence electrons. The molecule has 0 N–H and O–H groups in total. The van der Waals surface area contributed by atoms with Gasteiger partial charge in [0.1, 0.15) is 5.69 Å². The molecule has 6 heteroatoms. The van der Waals surface area contributed by atoms with Crippen molar-refractivity contribution in [1.82, 2.24) is 19.9 Å².